The van der Waals surface area contributed by atoms with Gasteiger partial charge in [0.05, 0.1) is 19.9 Å². The maximum Gasteiger partial charge on any atom is 0.165 e. The van der Waals surface area contributed by atoms with E-state index in [-0.39, 0.29) is 0 Å². The zero-order chi connectivity index (χ0) is 21.4. The maximum atomic E-state index is 5.49. The van der Waals surface area contributed by atoms with Crippen molar-refractivity contribution >= 4 is 17.2 Å². The average Bonchev–Trinajstić information content (AvgIpc) is 3.02. The van der Waals surface area contributed by atoms with Crippen LogP contribution in [0.15, 0.2) is 42.5 Å². The van der Waals surface area contributed by atoms with Gasteiger partial charge in [-0.15, -0.1) is 0 Å². The molecule has 4 rings (SSSR count). The van der Waals surface area contributed by atoms with Gasteiger partial charge in [0.15, 0.2) is 17.1 Å². The van der Waals surface area contributed by atoms with E-state index in [2.05, 4.69) is 37.4 Å². The van der Waals surface area contributed by atoms with E-state index in [1.807, 2.05) is 42.6 Å². The number of aromatic nitrogens is 3. The van der Waals surface area contributed by atoms with E-state index in [0.29, 0.717) is 11.5 Å². The number of methoxy groups -OCH3 is 2. The average molecular weight is 402 g/mol. The number of fused-ring (bicyclic) bond motifs is 1. The van der Waals surface area contributed by atoms with Crippen LogP contribution >= 0.6 is 0 Å². The quantitative estimate of drug-likeness (QED) is 0.485. The highest BCUT2D eigenvalue weighted by Gasteiger charge is 2.18. The number of nitrogens with one attached hydrogen (secondary N) is 1. The Kier molecular flexibility index (Phi) is 5.08. The van der Waals surface area contributed by atoms with Crippen LogP contribution in [0, 0.1) is 27.7 Å². The molecule has 154 valence electrons. The van der Waals surface area contributed by atoms with Crippen LogP contribution in [-0.2, 0) is 0 Å². The van der Waals surface area contributed by atoms with Crippen molar-refractivity contribution in [3.05, 3.63) is 65.0 Å². The molecule has 2 aromatic carbocycles. The first-order chi connectivity index (χ1) is 14.4. The molecule has 0 aliphatic rings. The van der Waals surface area contributed by atoms with Crippen molar-refractivity contribution in [3.8, 4) is 22.6 Å². The van der Waals surface area contributed by atoms with Gasteiger partial charge in [-0.25, -0.2) is 4.98 Å². The van der Waals surface area contributed by atoms with Crippen molar-refractivity contribution in [2.45, 2.75) is 27.7 Å². The maximum absolute atomic E-state index is 5.49. The third-order valence-electron chi connectivity index (χ3n) is 5.06. The van der Waals surface area contributed by atoms with Gasteiger partial charge in [0.1, 0.15) is 5.82 Å². The zero-order valence-corrected chi connectivity index (χ0v) is 18.2. The number of anilines is 2. The molecule has 0 bridgehead atoms. The van der Waals surface area contributed by atoms with E-state index in [9.17, 15) is 0 Å². The number of nitrogens with zero attached hydrogens (tertiary/aromatic N) is 3. The molecule has 0 fully saturated rings. The summed E-state index contributed by atoms with van der Waals surface area (Å²) in [4.78, 5) is 4.80. The van der Waals surface area contributed by atoms with Crippen LogP contribution in [-0.4, -0.2) is 28.8 Å². The summed E-state index contributed by atoms with van der Waals surface area (Å²) < 4.78 is 12.7. The second-order valence-electron chi connectivity index (χ2n) is 7.55. The molecule has 2 aromatic heterocycles. The summed E-state index contributed by atoms with van der Waals surface area (Å²) in [6.07, 6.45) is 0. The Hall–Kier alpha value is -3.54. The number of ether oxygens (including phenoxy) is 2. The molecule has 6 heteroatoms. The lowest BCUT2D eigenvalue weighted by Gasteiger charge is -2.12. The molecule has 30 heavy (non-hydrogen) atoms. The van der Waals surface area contributed by atoms with Crippen molar-refractivity contribution in [1.29, 1.82) is 0 Å². The highest BCUT2D eigenvalue weighted by molar-refractivity contribution is 5.82. The Balaban J connectivity index is 1.87. The largest absolute Gasteiger partial charge is 0.493 e. The third-order valence-corrected chi connectivity index (χ3v) is 5.06. The van der Waals surface area contributed by atoms with E-state index in [0.717, 1.165) is 39.7 Å². The first-order valence-corrected chi connectivity index (χ1v) is 9.84. The van der Waals surface area contributed by atoms with E-state index in [1.54, 1.807) is 14.2 Å². The minimum atomic E-state index is 0.676. The Morgan fingerprint density at radius 2 is 1.53 bits per heavy atom. The molecule has 0 radical (unpaired) electrons. The van der Waals surface area contributed by atoms with Crippen LogP contribution in [0.5, 0.6) is 11.5 Å². The molecule has 2 heterocycles. The Bertz CT molecular complexity index is 1220. The number of aryl methyl sites for hydroxylation is 4. The summed E-state index contributed by atoms with van der Waals surface area (Å²) in [6.45, 7) is 8.18. The van der Waals surface area contributed by atoms with E-state index < -0.39 is 0 Å². The number of hydrogen-bond donors (Lipinski definition) is 1. The molecule has 0 amide bonds. The van der Waals surface area contributed by atoms with E-state index >= 15 is 0 Å². The standard InChI is InChI=1S/C24H26N4O2/c1-14-9-15(2)11-19(10-14)26-22-12-16(3)25-24-23(17(4)27-28(22)24)18-7-8-20(29-5)21(13-18)30-6/h7-13,26H,1-6H3. The smallest absolute Gasteiger partial charge is 0.165 e. The van der Waals surface area contributed by atoms with E-state index in [1.165, 1.54) is 11.1 Å². The molecule has 0 spiro atoms. The van der Waals surface area contributed by atoms with E-state index in [4.69, 9.17) is 19.6 Å². The van der Waals surface area contributed by atoms with Crippen LogP contribution in [0.25, 0.3) is 16.8 Å². The highest BCUT2D eigenvalue weighted by Crippen LogP contribution is 2.36. The predicted octanol–water partition coefficient (Wildman–Crippen LogP) is 5.39. The summed E-state index contributed by atoms with van der Waals surface area (Å²) >= 11 is 0. The van der Waals surface area contributed by atoms with Gasteiger partial charge in [-0.1, -0.05) is 12.1 Å². The number of rotatable bonds is 5. The Labute approximate surface area is 176 Å². The van der Waals surface area contributed by atoms with Gasteiger partial charge in [0, 0.05) is 23.0 Å². The zero-order valence-electron chi connectivity index (χ0n) is 18.2. The second kappa shape index (κ2) is 7.71. The van der Waals surface area contributed by atoms with Gasteiger partial charge in [-0.05, 0) is 68.7 Å². The summed E-state index contributed by atoms with van der Waals surface area (Å²) in [7, 11) is 3.27. The lowest BCUT2D eigenvalue weighted by atomic mass is 10.1. The van der Waals surface area contributed by atoms with Crippen LogP contribution in [0.2, 0.25) is 0 Å². The minimum absolute atomic E-state index is 0.676. The summed E-state index contributed by atoms with van der Waals surface area (Å²) in [5, 5.41) is 8.31. The third kappa shape index (κ3) is 3.56. The molecular weight excluding hydrogens is 376 g/mol. The molecule has 0 saturated heterocycles. The fourth-order valence-electron chi connectivity index (χ4n) is 3.86. The van der Waals surface area contributed by atoms with Gasteiger partial charge >= 0.3 is 0 Å². The van der Waals surface area contributed by atoms with Gasteiger partial charge in [0.25, 0.3) is 0 Å². The molecule has 4 aromatic rings. The first kappa shape index (κ1) is 19.8. The Morgan fingerprint density at radius 1 is 0.833 bits per heavy atom. The van der Waals surface area contributed by atoms with Crippen LogP contribution in [0.3, 0.4) is 0 Å². The molecule has 6 nitrogen and oxygen atoms in total. The Morgan fingerprint density at radius 3 is 2.20 bits per heavy atom. The number of benzene rings is 2. The SMILES string of the molecule is COc1ccc(-c2c(C)nn3c(Nc4cc(C)cc(C)c4)cc(C)nc23)cc1OC. The lowest BCUT2D eigenvalue weighted by Crippen LogP contribution is -2.03. The highest BCUT2D eigenvalue weighted by atomic mass is 16.5. The van der Waals surface area contributed by atoms with Crippen molar-refractivity contribution in [2.24, 2.45) is 0 Å². The summed E-state index contributed by atoms with van der Waals surface area (Å²) in [6, 6.07) is 14.3. The van der Waals surface area contributed by atoms with Gasteiger partial charge in [0.2, 0.25) is 0 Å². The normalized spacial score (nSPS) is 11.0. The van der Waals surface area contributed by atoms with Crippen LogP contribution in [0.1, 0.15) is 22.5 Å². The predicted molar refractivity (Wildman–Crippen MR) is 120 cm³/mol. The fraction of sp³-hybridized carbons (Fsp3) is 0.250. The fourth-order valence-corrected chi connectivity index (χ4v) is 3.86. The van der Waals surface area contributed by atoms with Crippen molar-refractivity contribution < 1.29 is 9.47 Å². The van der Waals surface area contributed by atoms with Gasteiger partial charge < -0.3 is 14.8 Å². The number of hydrogen-bond acceptors (Lipinski definition) is 5. The van der Waals surface area contributed by atoms with Crippen molar-refractivity contribution in [2.75, 3.05) is 19.5 Å². The van der Waals surface area contributed by atoms with Gasteiger partial charge in [-0.3, -0.25) is 0 Å². The van der Waals surface area contributed by atoms with Crippen molar-refractivity contribution in [1.82, 2.24) is 14.6 Å². The molecular formula is C24H26N4O2. The summed E-state index contributed by atoms with van der Waals surface area (Å²) in [5.74, 6) is 2.24. The van der Waals surface area contributed by atoms with Crippen LogP contribution < -0.4 is 14.8 Å². The van der Waals surface area contributed by atoms with Crippen molar-refractivity contribution in [3.63, 3.8) is 0 Å². The molecule has 0 aliphatic heterocycles. The second-order valence-corrected chi connectivity index (χ2v) is 7.55. The molecule has 0 saturated carbocycles. The topological polar surface area (TPSA) is 60.7 Å². The molecule has 1 N–H and O–H groups in total. The van der Waals surface area contributed by atoms with Gasteiger partial charge in [-0.2, -0.15) is 9.61 Å². The molecule has 0 atom stereocenters. The molecule has 0 unspecified atom stereocenters. The minimum Gasteiger partial charge on any atom is -0.493 e. The molecule has 0 aliphatic carbocycles. The summed E-state index contributed by atoms with van der Waals surface area (Å²) in [5.41, 5.74) is 8.01. The lowest BCUT2D eigenvalue weighted by molar-refractivity contribution is 0.355. The first-order valence-electron chi connectivity index (χ1n) is 9.84. The van der Waals surface area contributed by atoms with Crippen LogP contribution in [0.4, 0.5) is 11.5 Å². The monoisotopic (exact) mass is 402 g/mol.